The van der Waals surface area contributed by atoms with Crippen LogP contribution in [0, 0.1) is 6.92 Å². The van der Waals surface area contributed by atoms with Crippen molar-refractivity contribution in [3.8, 4) is 22.5 Å². The molecule has 0 atom stereocenters. The first-order chi connectivity index (χ1) is 16.9. The van der Waals surface area contributed by atoms with Gasteiger partial charge in [0.15, 0.2) is 0 Å². The highest BCUT2D eigenvalue weighted by Crippen LogP contribution is 2.34. The lowest BCUT2D eigenvalue weighted by Gasteiger charge is -2.06. The summed E-state index contributed by atoms with van der Waals surface area (Å²) in [6, 6.07) is 27.4. The highest BCUT2D eigenvalue weighted by molar-refractivity contribution is 9.10. The smallest absolute Gasteiger partial charge is 0.336 e. The van der Waals surface area contributed by atoms with Gasteiger partial charge in [-0.3, -0.25) is 0 Å². The van der Waals surface area contributed by atoms with Gasteiger partial charge in [-0.15, -0.1) is 0 Å². The van der Waals surface area contributed by atoms with Gasteiger partial charge in [-0.25, -0.2) is 4.79 Å². The summed E-state index contributed by atoms with van der Waals surface area (Å²) in [5.74, 6) is -0.155. The molecule has 1 N–H and O–H groups in total. The van der Waals surface area contributed by atoms with E-state index in [2.05, 4.69) is 28.1 Å². The minimum absolute atomic E-state index is 0.316. The fourth-order valence-corrected chi connectivity index (χ4v) is 4.75. The van der Waals surface area contributed by atoms with Crippen molar-refractivity contribution in [1.29, 1.82) is 0 Å². The molecule has 35 heavy (non-hydrogen) atoms. The number of hydrogen-bond donors (Lipinski definition) is 1. The molecule has 0 saturated carbocycles. The van der Waals surface area contributed by atoms with E-state index in [1.54, 1.807) is 13.0 Å². The molecule has 0 saturated heterocycles. The minimum Gasteiger partial charge on any atom is -0.478 e. The monoisotopic (exact) mass is 542 g/mol. The highest BCUT2D eigenvalue weighted by Gasteiger charge is 2.12. The van der Waals surface area contributed by atoms with Crippen molar-refractivity contribution in [2.75, 3.05) is 0 Å². The Hall–Kier alpha value is -3.60. The molecule has 0 aliphatic heterocycles. The van der Waals surface area contributed by atoms with Crippen LogP contribution in [0.5, 0.6) is 0 Å². The van der Waals surface area contributed by atoms with Crippen molar-refractivity contribution in [1.82, 2.24) is 0 Å². The van der Waals surface area contributed by atoms with Crippen molar-refractivity contribution >= 4 is 56.6 Å². The molecule has 0 fully saturated rings. The van der Waals surface area contributed by atoms with Crippen LogP contribution < -0.4 is 0 Å². The van der Waals surface area contributed by atoms with Crippen LogP contribution in [0.2, 0.25) is 5.02 Å². The van der Waals surface area contributed by atoms with Crippen molar-refractivity contribution in [3.05, 3.63) is 117 Å². The standard InChI is InChI=1S/C30H20BrClO3/c1-18-3-2-4-21(29(18)30(33)34)7-5-20-6-9-23(15-26(20)31)28-17-24-10-8-22(16-27(24)35-28)19-11-13-25(32)14-12-19/h2-17H,1H3,(H,33,34). The summed E-state index contributed by atoms with van der Waals surface area (Å²) in [7, 11) is 0. The molecule has 0 amide bonds. The molecule has 0 radical (unpaired) electrons. The molecule has 5 heteroatoms. The zero-order valence-corrected chi connectivity index (χ0v) is 21.1. The third-order valence-electron chi connectivity index (χ3n) is 5.94. The number of aromatic carboxylic acids is 1. The number of rotatable bonds is 5. The number of furan rings is 1. The number of halogens is 2. The summed E-state index contributed by atoms with van der Waals surface area (Å²) in [5.41, 5.74) is 6.56. The van der Waals surface area contributed by atoms with Gasteiger partial charge >= 0.3 is 5.97 Å². The van der Waals surface area contributed by atoms with Gasteiger partial charge in [-0.1, -0.05) is 94.3 Å². The zero-order chi connectivity index (χ0) is 24.5. The second-order valence-corrected chi connectivity index (χ2v) is 9.57. The number of carbonyl (C=O) groups is 1. The van der Waals surface area contributed by atoms with Gasteiger partial charge < -0.3 is 9.52 Å². The van der Waals surface area contributed by atoms with E-state index >= 15 is 0 Å². The van der Waals surface area contributed by atoms with Crippen molar-refractivity contribution in [3.63, 3.8) is 0 Å². The van der Waals surface area contributed by atoms with Crippen LogP contribution in [0.25, 0.3) is 45.6 Å². The summed E-state index contributed by atoms with van der Waals surface area (Å²) >= 11 is 9.67. The number of aryl methyl sites for hydroxylation is 1. The van der Waals surface area contributed by atoms with Crippen molar-refractivity contribution in [2.24, 2.45) is 0 Å². The number of benzene rings is 4. The van der Waals surface area contributed by atoms with Crippen LogP contribution in [-0.4, -0.2) is 11.1 Å². The molecule has 4 aromatic carbocycles. The van der Waals surface area contributed by atoms with E-state index < -0.39 is 5.97 Å². The first kappa shape index (κ1) is 23.2. The summed E-state index contributed by atoms with van der Waals surface area (Å²) in [4.78, 5) is 11.7. The second-order valence-electron chi connectivity index (χ2n) is 8.28. The molecule has 0 aliphatic carbocycles. The normalized spacial score (nSPS) is 11.4. The molecule has 5 aromatic rings. The maximum absolute atomic E-state index is 11.7. The Morgan fingerprint density at radius 3 is 2.31 bits per heavy atom. The average molecular weight is 544 g/mol. The van der Waals surface area contributed by atoms with Crippen LogP contribution in [0.4, 0.5) is 0 Å². The molecule has 0 bridgehead atoms. The molecule has 1 heterocycles. The fourth-order valence-electron chi connectivity index (χ4n) is 4.11. The van der Waals surface area contributed by atoms with Gasteiger partial charge in [-0.2, -0.15) is 0 Å². The molecule has 172 valence electrons. The Balaban J connectivity index is 1.44. The first-order valence-electron chi connectivity index (χ1n) is 11.0. The van der Waals surface area contributed by atoms with Gasteiger partial charge in [-0.05, 0) is 65.1 Å². The predicted molar refractivity (Wildman–Crippen MR) is 147 cm³/mol. The van der Waals surface area contributed by atoms with Crippen LogP contribution in [0.3, 0.4) is 0 Å². The Bertz CT molecular complexity index is 1600. The van der Waals surface area contributed by atoms with Gasteiger partial charge in [0.2, 0.25) is 0 Å². The van der Waals surface area contributed by atoms with Crippen molar-refractivity contribution in [2.45, 2.75) is 6.92 Å². The lowest BCUT2D eigenvalue weighted by atomic mass is 10.0. The van der Waals surface area contributed by atoms with Gasteiger partial charge in [0.05, 0.1) is 5.56 Å². The molecule has 3 nitrogen and oxygen atoms in total. The molecule has 0 spiro atoms. The zero-order valence-electron chi connectivity index (χ0n) is 18.8. The Morgan fingerprint density at radius 2 is 1.57 bits per heavy atom. The Kier molecular flexibility index (Phi) is 6.33. The van der Waals surface area contributed by atoms with Crippen LogP contribution >= 0.6 is 27.5 Å². The number of carboxylic acids is 1. The quantitative estimate of drug-likeness (QED) is 0.225. The summed E-state index contributed by atoms with van der Waals surface area (Å²) in [5, 5.41) is 11.3. The second kappa shape index (κ2) is 9.57. The maximum Gasteiger partial charge on any atom is 0.336 e. The summed E-state index contributed by atoms with van der Waals surface area (Å²) < 4.78 is 7.08. The summed E-state index contributed by atoms with van der Waals surface area (Å²) in [6.45, 7) is 1.80. The average Bonchev–Trinajstić information content (AvgIpc) is 3.27. The first-order valence-corrected chi connectivity index (χ1v) is 12.2. The van der Waals surface area contributed by atoms with E-state index in [0.717, 1.165) is 49.0 Å². The van der Waals surface area contributed by atoms with E-state index in [0.29, 0.717) is 16.1 Å². The number of fused-ring (bicyclic) bond motifs is 1. The third kappa shape index (κ3) is 4.81. The van der Waals surface area contributed by atoms with E-state index in [9.17, 15) is 9.90 Å². The van der Waals surface area contributed by atoms with E-state index in [4.69, 9.17) is 16.0 Å². The molecule has 0 unspecified atom stereocenters. The molecule has 0 aliphatic rings. The topological polar surface area (TPSA) is 50.4 Å². The molecular formula is C30H20BrClO3. The van der Waals surface area contributed by atoms with Crippen LogP contribution in [-0.2, 0) is 0 Å². The van der Waals surface area contributed by atoms with Crippen LogP contribution in [0.15, 0.2) is 93.8 Å². The largest absolute Gasteiger partial charge is 0.478 e. The van der Waals surface area contributed by atoms with Gasteiger partial charge in [0, 0.05) is 20.4 Å². The lowest BCUT2D eigenvalue weighted by molar-refractivity contribution is 0.0696. The lowest BCUT2D eigenvalue weighted by Crippen LogP contribution is -2.02. The number of hydrogen-bond acceptors (Lipinski definition) is 2. The fraction of sp³-hybridized carbons (Fsp3) is 0.0333. The predicted octanol–water partition coefficient (Wildman–Crippen LogP) is 9.36. The highest BCUT2D eigenvalue weighted by atomic mass is 79.9. The Labute approximate surface area is 216 Å². The summed E-state index contributed by atoms with van der Waals surface area (Å²) in [6.07, 6.45) is 3.74. The van der Waals surface area contributed by atoms with Crippen LogP contribution in [0.1, 0.15) is 27.0 Å². The molecule has 1 aromatic heterocycles. The molecular weight excluding hydrogens is 524 g/mol. The SMILES string of the molecule is Cc1cccc(C=Cc2ccc(-c3cc4ccc(-c5ccc(Cl)cc5)cc4o3)cc2Br)c1C(=O)O. The third-order valence-corrected chi connectivity index (χ3v) is 6.88. The number of carboxylic acid groups (broad SMARTS) is 1. The molecule has 5 rings (SSSR count). The van der Waals surface area contributed by atoms with Gasteiger partial charge in [0.25, 0.3) is 0 Å². The minimum atomic E-state index is -0.929. The van der Waals surface area contributed by atoms with E-state index in [-0.39, 0.29) is 0 Å². The van der Waals surface area contributed by atoms with E-state index in [1.165, 1.54) is 0 Å². The van der Waals surface area contributed by atoms with E-state index in [1.807, 2.05) is 78.9 Å². The maximum atomic E-state index is 11.7. The van der Waals surface area contributed by atoms with Gasteiger partial charge in [0.1, 0.15) is 11.3 Å². The Morgan fingerprint density at radius 1 is 0.857 bits per heavy atom. The van der Waals surface area contributed by atoms with Crippen molar-refractivity contribution < 1.29 is 14.3 Å².